The molecule has 1 fully saturated rings. The van der Waals surface area contributed by atoms with Crippen LogP contribution in [-0.2, 0) is 0 Å². The molecule has 0 aliphatic carbocycles. The van der Waals surface area contributed by atoms with Crippen LogP contribution in [0.15, 0.2) is 83.4 Å². The molecule has 1 aliphatic rings. The molecule has 0 saturated carbocycles. The molecule has 1 N–H and O–H groups in total. The number of carbonyl (C=O) groups excluding carboxylic acids is 1. The fraction of sp³-hybridized carbons (Fsp3) is 0.214. The fourth-order valence-corrected chi connectivity index (χ4v) is 4.22. The van der Waals surface area contributed by atoms with Gasteiger partial charge in [-0.05, 0) is 61.5 Å². The molecule has 2 heterocycles. The number of ether oxygens (including phenoxy) is 1. The number of ketones is 1. The molecular formula is C28H27ClN2O4. The van der Waals surface area contributed by atoms with E-state index in [0.717, 1.165) is 37.4 Å². The Bertz CT molecular complexity index is 1260. The van der Waals surface area contributed by atoms with Crippen molar-refractivity contribution in [3.8, 4) is 34.1 Å². The van der Waals surface area contributed by atoms with Gasteiger partial charge in [-0.25, -0.2) is 0 Å². The Hall–Kier alpha value is -3.61. The van der Waals surface area contributed by atoms with E-state index in [1.54, 1.807) is 36.4 Å². The van der Waals surface area contributed by atoms with Crippen LogP contribution in [0.1, 0.15) is 29.3 Å². The third-order valence-electron chi connectivity index (χ3n) is 5.98. The number of carbonyl (C=O) groups is 1. The summed E-state index contributed by atoms with van der Waals surface area (Å²) in [7, 11) is 0. The predicted molar refractivity (Wildman–Crippen MR) is 137 cm³/mol. The minimum atomic E-state index is -0.188. The lowest BCUT2D eigenvalue weighted by atomic mass is 9.95. The van der Waals surface area contributed by atoms with Crippen molar-refractivity contribution in [2.75, 3.05) is 19.6 Å². The molecule has 0 amide bonds. The van der Waals surface area contributed by atoms with Gasteiger partial charge in [0.05, 0.1) is 5.56 Å². The van der Waals surface area contributed by atoms with Gasteiger partial charge in [-0.2, -0.15) is 0 Å². The summed E-state index contributed by atoms with van der Waals surface area (Å²) in [6, 6.07) is 23.3. The molecule has 0 radical (unpaired) electrons. The molecule has 7 heteroatoms. The van der Waals surface area contributed by atoms with Gasteiger partial charge >= 0.3 is 0 Å². The number of phenols is 1. The maximum Gasteiger partial charge on any atom is 0.199 e. The largest absolute Gasteiger partial charge is 0.508 e. The van der Waals surface area contributed by atoms with E-state index >= 15 is 0 Å². The molecule has 0 spiro atoms. The van der Waals surface area contributed by atoms with Crippen LogP contribution in [0.3, 0.4) is 0 Å². The van der Waals surface area contributed by atoms with Crippen LogP contribution in [0.5, 0.6) is 11.5 Å². The molecule has 0 bridgehead atoms. The van der Waals surface area contributed by atoms with Crippen LogP contribution in [0.2, 0.25) is 0 Å². The second-order valence-electron chi connectivity index (χ2n) is 8.50. The molecule has 35 heavy (non-hydrogen) atoms. The van der Waals surface area contributed by atoms with Crippen LogP contribution in [0.4, 0.5) is 0 Å². The van der Waals surface area contributed by atoms with E-state index in [1.165, 1.54) is 0 Å². The zero-order chi connectivity index (χ0) is 23.5. The van der Waals surface area contributed by atoms with Crippen molar-refractivity contribution in [1.29, 1.82) is 0 Å². The highest BCUT2D eigenvalue weighted by Crippen LogP contribution is 2.35. The number of phenolic OH excluding ortho intramolecular Hbond substituents is 1. The standard InChI is InChI=1S/C28H26N2O4.ClH/c1-2-16-30-17-24(18-30)33-23-14-10-20(11-15-23)27(32)25-26(19-6-4-3-5-7-19)29-34-28(25)21-8-12-22(31)13-9-21;/h3-15,24,31H,2,16-18H2,1H3;1H. The highest BCUT2D eigenvalue weighted by Gasteiger charge is 2.28. The Morgan fingerprint density at radius 3 is 2.34 bits per heavy atom. The number of halogens is 1. The second kappa shape index (κ2) is 10.8. The van der Waals surface area contributed by atoms with Crippen LogP contribution in [-0.4, -0.2) is 46.7 Å². The van der Waals surface area contributed by atoms with Crippen molar-refractivity contribution >= 4 is 18.2 Å². The number of hydrogen-bond donors (Lipinski definition) is 1. The first-order valence-electron chi connectivity index (χ1n) is 11.5. The number of aromatic hydroxyl groups is 1. The lowest BCUT2D eigenvalue weighted by Gasteiger charge is -2.38. The normalized spacial score (nSPS) is 13.6. The van der Waals surface area contributed by atoms with Crippen LogP contribution >= 0.6 is 12.4 Å². The van der Waals surface area contributed by atoms with Gasteiger partial charge in [0.1, 0.15) is 23.3 Å². The summed E-state index contributed by atoms with van der Waals surface area (Å²) < 4.78 is 11.7. The van der Waals surface area contributed by atoms with Gasteiger partial charge in [0.25, 0.3) is 0 Å². The summed E-state index contributed by atoms with van der Waals surface area (Å²) in [6.45, 7) is 5.14. The first kappa shape index (κ1) is 24.5. The number of nitrogens with zero attached hydrogens (tertiary/aromatic N) is 2. The maximum atomic E-state index is 13.7. The summed E-state index contributed by atoms with van der Waals surface area (Å²) in [5.74, 6) is 1.08. The van der Waals surface area contributed by atoms with Crippen molar-refractivity contribution < 1.29 is 19.2 Å². The van der Waals surface area contributed by atoms with Crippen molar-refractivity contribution in [3.63, 3.8) is 0 Å². The molecule has 0 unspecified atom stereocenters. The molecule has 0 atom stereocenters. The van der Waals surface area contributed by atoms with Crippen molar-refractivity contribution in [2.45, 2.75) is 19.4 Å². The van der Waals surface area contributed by atoms with Crippen molar-refractivity contribution in [1.82, 2.24) is 10.1 Å². The van der Waals surface area contributed by atoms with Crippen LogP contribution < -0.4 is 4.74 Å². The summed E-state index contributed by atoms with van der Waals surface area (Å²) in [6.07, 6.45) is 1.33. The average Bonchev–Trinajstić information content (AvgIpc) is 3.29. The minimum Gasteiger partial charge on any atom is -0.508 e. The van der Waals surface area contributed by atoms with E-state index in [1.807, 2.05) is 42.5 Å². The Labute approximate surface area is 210 Å². The monoisotopic (exact) mass is 490 g/mol. The van der Waals surface area contributed by atoms with Gasteiger partial charge in [0.2, 0.25) is 0 Å². The lowest BCUT2D eigenvalue weighted by molar-refractivity contribution is 0.0202. The number of benzene rings is 3. The highest BCUT2D eigenvalue weighted by atomic mass is 35.5. The number of hydrogen-bond acceptors (Lipinski definition) is 6. The molecular weight excluding hydrogens is 464 g/mol. The van der Waals surface area contributed by atoms with E-state index < -0.39 is 0 Å². The smallest absolute Gasteiger partial charge is 0.199 e. The molecule has 1 saturated heterocycles. The van der Waals surface area contributed by atoms with Gasteiger partial charge in [0.15, 0.2) is 11.5 Å². The van der Waals surface area contributed by atoms with Crippen molar-refractivity contribution in [2.24, 2.45) is 0 Å². The summed E-state index contributed by atoms with van der Waals surface area (Å²) >= 11 is 0. The van der Waals surface area contributed by atoms with E-state index in [4.69, 9.17) is 9.26 Å². The van der Waals surface area contributed by atoms with E-state index in [0.29, 0.717) is 28.1 Å². The molecule has 1 aromatic heterocycles. The van der Waals surface area contributed by atoms with E-state index in [-0.39, 0.29) is 30.0 Å². The van der Waals surface area contributed by atoms with Gasteiger partial charge in [0, 0.05) is 29.8 Å². The zero-order valence-corrected chi connectivity index (χ0v) is 20.2. The van der Waals surface area contributed by atoms with Crippen molar-refractivity contribution in [3.05, 3.63) is 90.0 Å². The number of likely N-dealkylation sites (tertiary alicyclic amines) is 1. The Kier molecular flexibility index (Phi) is 7.54. The minimum absolute atomic E-state index is 0. The molecule has 4 aromatic rings. The molecule has 6 nitrogen and oxygen atoms in total. The van der Waals surface area contributed by atoms with E-state index in [9.17, 15) is 9.90 Å². The van der Waals surface area contributed by atoms with Gasteiger partial charge < -0.3 is 14.4 Å². The molecule has 5 rings (SSSR count). The lowest BCUT2D eigenvalue weighted by Crippen LogP contribution is -2.53. The highest BCUT2D eigenvalue weighted by molar-refractivity contribution is 6.15. The molecule has 1 aliphatic heterocycles. The Morgan fingerprint density at radius 1 is 1.00 bits per heavy atom. The van der Waals surface area contributed by atoms with Crippen LogP contribution in [0, 0.1) is 0 Å². The summed E-state index contributed by atoms with van der Waals surface area (Å²) in [5.41, 5.74) is 2.85. The fourth-order valence-electron chi connectivity index (χ4n) is 4.22. The topological polar surface area (TPSA) is 75.8 Å². The van der Waals surface area contributed by atoms with Gasteiger partial charge in [-0.1, -0.05) is 42.4 Å². The number of aromatic nitrogens is 1. The first-order chi connectivity index (χ1) is 16.6. The first-order valence-corrected chi connectivity index (χ1v) is 11.5. The second-order valence-corrected chi connectivity index (χ2v) is 8.50. The Balaban J connectivity index is 0.00000289. The average molecular weight is 491 g/mol. The quantitative estimate of drug-likeness (QED) is 0.313. The Morgan fingerprint density at radius 2 is 1.69 bits per heavy atom. The zero-order valence-electron chi connectivity index (χ0n) is 19.4. The number of rotatable bonds is 8. The SMILES string of the molecule is CCCN1CC(Oc2ccc(C(=O)c3c(-c4ccccc4)noc3-c3ccc(O)cc3)cc2)C1.Cl. The van der Waals surface area contributed by atoms with Crippen LogP contribution in [0.25, 0.3) is 22.6 Å². The predicted octanol–water partition coefficient (Wildman–Crippen LogP) is 5.84. The maximum absolute atomic E-state index is 13.7. The van der Waals surface area contributed by atoms with Gasteiger partial charge in [-0.15, -0.1) is 12.4 Å². The molecule has 180 valence electrons. The van der Waals surface area contributed by atoms with Gasteiger partial charge in [-0.3, -0.25) is 9.69 Å². The molecule has 3 aromatic carbocycles. The third-order valence-corrected chi connectivity index (χ3v) is 5.98. The third kappa shape index (κ3) is 5.24. The summed E-state index contributed by atoms with van der Waals surface area (Å²) in [5, 5.41) is 13.9. The summed E-state index contributed by atoms with van der Waals surface area (Å²) in [4.78, 5) is 16.0. The van der Waals surface area contributed by atoms with E-state index in [2.05, 4.69) is 17.0 Å².